The largest absolute Gasteiger partial charge is 0.326 e. The zero-order valence-corrected chi connectivity index (χ0v) is 20.0. The monoisotopic (exact) mass is 471 g/mol. The van der Waals surface area contributed by atoms with E-state index in [-0.39, 0.29) is 17.6 Å². The summed E-state index contributed by atoms with van der Waals surface area (Å²) in [6.07, 6.45) is 0. The van der Waals surface area contributed by atoms with Crippen LogP contribution in [-0.2, 0) is 9.59 Å². The fourth-order valence-electron chi connectivity index (χ4n) is 3.43. The van der Waals surface area contributed by atoms with E-state index in [2.05, 4.69) is 26.9 Å². The molecule has 0 aliphatic rings. The number of thioether (sulfide) groups is 1. The lowest BCUT2D eigenvalue weighted by atomic mass is 10.1. The van der Waals surface area contributed by atoms with E-state index < -0.39 is 0 Å². The summed E-state index contributed by atoms with van der Waals surface area (Å²) in [7, 11) is 0. The van der Waals surface area contributed by atoms with Crippen molar-refractivity contribution in [2.75, 3.05) is 16.4 Å². The van der Waals surface area contributed by atoms with Crippen LogP contribution in [0.2, 0.25) is 0 Å². The Morgan fingerprint density at radius 3 is 2.18 bits per heavy atom. The maximum atomic E-state index is 12.6. The van der Waals surface area contributed by atoms with Gasteiger partial charge in [-0.1, -0.05) is 53.2 Å². The highest BCUT2D eigenvalue weighted by Gasteiger charge is 2.17. The van der Waals surface area contributed by atoms with Gasteiger partial charge in [-0.05, 0) is 56.3 Å². The molecule has 172 valence electrons. The van der Waals surface area contributed by atoms with Crippen molar-refractivity contribution in [1.29, 1.82) is 0 Å². The van der Waals surface area contributed by atoms with Gasteiger partial charge in [0.25, 0.3) is 0 Å². The fraction of sp³-hybridized carbons (Fsp3) is 0.154. The average Bonchev–Trinajstić information content (AvgIpc) is 3.23. The van der Waals surface area contributed by atoms with Gasteiger partial charge < -0.3 is 10.6 Å². The second kappa shape index (κ2) is 10.4. The van der Waals surface area contributed by atoms with Crippen LogP contribution < -0.4 is 10.6 Å². The van der Waals surface area contributed by atoms with Gasteiger partial charge in [0, 0.05) is 29.5 Å². The Morgan fingerprint density at radius 2 is 1.53 bits per heavy atom. The normalized spacial score (nSPS) is 10.7. The summed E-state index contributed by atoms with van der Waals surface area (Å²) in [6, 6.07) is 23.2. The molecule has 2 N–H and O–H groups in total. The highest BCUT2D eigenvalue weighted by atomic mass is 32.2. The molecule has 0 saturated carbocycles. The molecule has 3 aromatic carbocycles. The average molecular weight is 472 g/mol. The number of benzene rings is 3. The lowest BCUT2D eigenvalue weighted by Gasteiger charge is -2.11. The molecular weight excluding hydrogens is 446 g/mol. The molecule has 0 radical (unpaired) electrons. The summed E-state index contributed by atoms with van der Waals surface area (Å²) in [5.41, 5.74) is 5.52. The van der Waals surface area contributed by atoms with Crippen LogP contribution in [0.1, 0.15) is 18.1 Å². The van der Waals surface area contributed by atoms with Gasteiger partial charge in [0.1, 0.15) is 0 Å². The number of rotatable bonds is 7. The maximum absolute atomic E-state index is 12.6. The molecule has 0 bridgehead atoms. The van der Waals surface area contributed by atoms with Crippen molar-refractivity contribution in [2.45, 2.75) is 25.9 Å². The van der Waals surface area contributed by atoms with Gasteiger partial charge in [0.2, 0.25) is 11.8 Å². The summed E-state index contributed by atoms with van der Waals surface area (Å²) in [5.74, 6) is 0.596. The third kappa shape index (κ3) is 5.71. The summed E-state index contributed by atoms with van der Waals surface area (Å²) in [4.78, 5) is 23.8. The molecule has 1 heterocycles. The Bertz CT molecular complexity index is 1310. The van der Waals surface area contributed by atoms with Crippen molar-refractivity contribution in [3.05, 3.63) is 83.9 Å². The van der Waals surface area contributed by atoms with E-state index >= 15 is 0 Å². The quantitative estimate of drug-likeness (QED) is 0.360. The minimum atomic E-state index is -0.159. The molecule has 0 saturated heterocycles. The summed E-state index contributed by atoms with van der Waals surface area (Å²) in [5, 5.41) is 15.1. The number of nitrogens with one attached hydrogen (secondary N) is 2. The summed E-state index contributed by atoms with van der Waals surface area (Å²) < 4.78 is 1.98. The lowest BCUT2D eigenvalue weighted by Crippen LogP contribution is -2.14. The van der Waals surface area contributed by atoms with Crippen molar-refractivity contribution in [1.82, 2.24) is 14.8 Å². The molecule has 0 atom stereocenters. The number of hydrogen-bond acceptors (Lipinski definition) is 5. The van der Waals surface area contributed by atoms with E-state index in [0.717, 1.165) is 28.2 Å². The lowest BCUT2D eigenvalue weighted by molar-refractivity contribution is -0.114. The molecule has 0 fully saturated rings. The van der Waals surface area contributed by atoms with Crippen molar-refractivity contribution in [3.63, 3.8) is 0 Å². The molecule has 34 heavy (non-hydrogen) atoms. The number of amides is 2. The van der Waals surface area contributed by atoms with Crippen LogP contribution in [-0.4, -0.2) is 32.3 Å². The first-order valence-corrected chi connectivity index (χ1v) is 11.8. The fourth-order valence-corrected chi connectivity index (χ4v) is 4.18. The zero-order valence-electron chi connectivity index (χ0n) is 19.2. The number of carbonyl (C=O) groups excluding carboxylic acids is 2. The molecule has 1 aromatic heterocycles. The van der Waals surface area contributed by atoms with Gasteiger partial charge >= 0.3 is 0 Å². The standard InChI is InChI=1S/C26H25N5O2S/c1-17-7-13-23(14-8-17)31-25(20-6-4-5-18(2)15-20)29-30-26(31)34-16-24(33)28-22-11-9-21(10-12-22)27-19(3)32/h4-15H,16H2,1-3H3,(H,27,32)(H,28,33). The van der Waals surface area contributed by atoms with E-state index in [4.69, 9.17) is 0 Å². The first-order chi connectivity index (χ1) is 16.4. The van der Waals surface area contributed by atoms with Crippen molar-refractivity contribution in [2.24, 2.45) is 0 Å². The van der Waals surface area contributed by atoms with Crippen LogP contribution in [0, 0.1) is 13.8 Å². The van der Waals surface area contributed by atoms with Crippen molar-refractivity contribution < 1.29 is 9.59 Å². The molecule has 0 aliphatic carbocycles. The second-order valence-corrected chi connectivity index (χ2v) is 8.88. The number of aromatic nitrogens is 3. The molecule has 4 rings (SSSR count). The highest BCUT2D eigenvalue weighted by Crippen LogP contribution is 2.28. The molecular formula is C26H25N5O2S. The van der Waals surface area contributed by atoms with Crippen LogP contribution in [0.3, 0.4) is 0 Å². The van der Waals surface area contributed by atoms with Crippen LogP contribution in [0.15, 0.2) is 78.0 Å². The smallest absolute Gasteiger partial charge is 0.234 e. The van der Waals surface area contributed by atoms with Crippen molar-refractivity contribution >= 4 is 35.0 Å². The minimum Gasteiger partial charge on any atom is -0.326 e. The Morgan fingerprint density at radius 1 is 0.853 bits per heavy atom. The van der Waals surface area contributed by atoms with Gasteiger partial charge in [0.05, 0.1) is 5.75 Å². The van der Waals surface area contributed by atoms with E-state index in [1.54, 1.807) is 24.3 Å². The van der Waals surface area contributed by atoms with Gasteiger partial charge in [-0.25, -0.2) is 0 Å². The molecule has 0 aliphatic heterocycles. The Balaban J connectivity index is 1.53. The van der Waals surface area contributed by atoms with E-state index in [1.165, 1.54) is 18.7 Å². The van der Waals surface area contributed by atoms with E-state index in [1.807, 2.05) is 60.9 Å². The number of carbonyl (C=O) groups is 2. The van der Waals surface area contributed by atoms with Gasteiger partial charge in [-0.3, -0.25) is 14.2 Å². The number of nitrogens with zero attached hydrogens (tertiary/aromatic N) is 3. The third-order valence-electron chi connectivity index (χ3n) is 5.02. The molecule has 0 spiro atoms. The molecule has 4 aromatic rings. The Kier molecular flexibility index (Phi) is 7.08. The molecule has 8 heteroatoms. The first kappa shape index (κ1) is 23.3. The summed E-state index contributed by atoms with van der Waals surface area (Å²) >= 11 is 1.33. The second-order valence-electron chi connectivity index (χ2n) is 7.94. The van der Waals surface area contributed by atoms with Crippen molar-refractivity contribution in [3.8, 4) is 17.1 Å². The third-order valence-corrected chi connectivity index (χ3v) is 5.95. The van der Waals surface area contributed by atoms with Crippen LogP contribution in [0.5, 0.6) is 0 Å². The Labute approximate surface area is 202 Å². The predicted molar refractivity (Wildman–Crippen MR) is 136 cm³/mol. The van der Waals surface area contributed by atoms with Crippen LogP contribution in [0.25, 0.3) is 17.1 Å². The zero-order chi connectivity index (χ0) is 24.1. The molecule has 2 amide bonds. The minimum absolute atomic E-state index is 0.143. The number of anilines is 2. The van der Waals surface area contributed by atoms with Crippen LogP contribution >= 0.6 is 11.8 Å². The van der Waals surface area contributed by atoms with Gasteiger partial charge in [-0.15, -0.1) is 10.2 Å². The SMILES string of the molecule is CC(=O)Nc1ccc(NC(=O)CSc2nnc(-c3cccc(C)c3)n2-c2ccc(C)cc2)cc1. The highest BCUT2D eigenvalue weighted by molar-refractivity contribution is 7.99. The van der Waals surface area contributed by atoms with E-state index in [0.29, 0.717) is 16.5 Å². The molecule has 0 unspecified atom stereocenters. The maximum Gasteiger partial charge on any atom is 0.234 e. The van der Waals surface area contributed by atoms with Gasteiger partial charge in [-0.2, -0.15) is 0 Å². The van der Waals surface area contributed by atoms with Gasteiger partial charge in [0.15, 0.2) is 11.0 Å². The molecule has 7 nitrogen and oxygen atoms in total. The predicted octanol–water partition coefficient (Wildman–Crippen LogP) is 5.24. The summed E-state index contributed by atoms with van der Waals surface area (Å²) in [6.45, 7) is 5.53. The number of hydrogen-bond donors (Lipinski definition) is 2. The number of aryl methyl sites for hydroxylation is 2. The van der Waals surface area contributed by atoms with E-state index in [9.17, 15) is 9.59 Å². The first-order valence-electron chi connectivity index (χ1n) is 10.8. The Hall–Kier alpha value is -3.91. The van der Waals surface area contributed by atoms with Crippen LogP contribution in [0.4, 0.5) is 11.4 Å². The topological polar surface area (TPSA) is 88.9 Å².